The van der Waals surface area contributed by atoms with Crippen LogP contribution in [0.1, 0.15) is 42.7 Å². The van der Waals surface area contributed by atoms with E-state index in [-0.39, 0.29) is 11.7 Å². The van der Waals surface area contributed by atoms with E-state index in [2.05, 4.69) is 29.0 Å². The first-order valence-corrected chi connectivity index (χ1v) is 9.92. The molecule has 1 fully saturated rings. The number of phenolic OH excluding ortho intramolecular Hbond substituents is 1. The average molecular weight is 378 g/mol. The summed E-state index contributed by atoms with van der Waals surface area (Å²) in [4.78, 5) is 20.1. The number of aromatic amines is 1. The lowest BCUT2D eigenvalue weighted by Gasteiger charge is -2.37. The van der Waals surface area contributed by atoms with Crippen molar-refractivity contribution in [1.29, 1.82) is 0 Å². The molecule has 28 heavy (non-hydrogen) atoms. The number of fused-ring (bicyclic) bond motifs is 1. The van der Waals surface area contributed by atoms with Gasteiger partial charge in [-0.1, -0.05) is 20.3 Å². The van der Waals surface area contributed by atoms with Crippen molar-refractivity contribution in [3.05, 3.63) is 41.6 Å². The van der Waals surface area contributed by atoms with Gasteiger partial charge >= 0.3 is 0 Å². The van der Waals surface area contributed by atoms with Crippen molar-refractivity contribution < 1.29 is 9.90 Å². The Balaban J connectivity index is 1.77. The van der Waals surface area contributed by atoms with Crippen molar-refractivity contribution in [3.8, 4) is 17.0 Å². The van der Waals surface area contributed by atoms with Gasteiger partial charge in [-0.25, -0.2) is 4.98 Å². The van der Waals surface area contributed by atoms with E-state index >= 15 is 0 Å². The molecule has 6 heteroatoms. The number of phenols is 1. The van der Waals surface area contributed by atoms with Gasteiger partial charge in [-0.2, -0.15) is 5.10 Å². The molecule has 1 aliphatic heterocycles. The van der Waals surface area contributed by atoms with Crippen LogP contribution in [0, 0.1) is 18.8 Å². The molecule has 1 amide bonds. The molecule has 0 unspecified atom stereocenters. The van der Waals surface area contributed by atoms with Crippen molar-refractivity contribution in [2.24, 2.45) is 11.8 Å². The zero-order chi connectivity index (χ0) is 19.8. The maximum atomic E-state index is 13.5. The number of aryl methyl sites for hydroxylation is 1. The highest BCUT2D eigenvalue weighted by atomic mass is 16.3. The highest BCUT2D eigenvalue weighted by Crippen LogP contribution is 2.30. The fraction of sp³-hybridized carbons (Fsp3) is 0.409. The molecule has 4 rings (SSSR count). The van der Waals surface area contributed by atoms with E-state index in [1.165, 1.54) is 0 Å². The molecule has 0 saturated carbocycles. The molecule has 3 aromatic rings. The molecule has 0 spiro atoms. The van der Waals surface area contributed by atoms with Crippen LogP contribution in [0.25, 0.3) is 22.3 Å². The lowest BCUT2D eigenvalue weighted by Crippen LogP contribution is -2.43. The monoisotopic (exact) mass is 378 g/mol. The number of likely N-dealkylation sites (tertiary alicyclic amines) is 1. The van der Waals surface area contributed by atoms with Gasteiger partial charge in [0.05, 0.1) is 16.6 Å². The number of nitrogens with zero attached hydrogens (tertiary/aromatic N) is 3. The smallest absolute Gasteiger partial charge is 0.254 e. The van der Waals surface area contributed by atoms with Gasteiger partial charge in [0.1, 0.15) is 5.75 Å². The Labute approximate surface area is 164 Å². The Morgan fingerprint density at radius 2 is 2.07 bits per heavy atom. The molecule has 6 nitrogen and oxygen atoms in total. The molecule has 0 bridgehead atoms. The second-order valence-electron chi connectivity index (χ2n) is 7.83. The summed E-state index contributed by atoms with van der Waals surface area (Å²) in [6, 6.07) is 8.70. The molecule has 2 N–H and O–H groups in total. The molecule has 0 aliphatic carbocycles. The van der Waals surface area contributed by atoms with Gasteiger partial charge in [-0.3, -0.25) is 9.89 Å². The van der Waals surface area contributed by atoms with Crippen LogP contribution in [-0.4, -0.2) is 44.2 Å². The molecule has 2 aromatic heterocycles. The molecule has 0 radical (unpaired) electrons. The normalized spacial score (nSPS) is 19.9. The summed E-state index contributed by atoms with van der Waals surface area (Å²) in [6.45, 7) is 7.98. The molecule has 1 aromatic carbocycles. The molecular formula is C22H26N4O2. The van der Waals surface area contributed by atoms with Crippen molar-refractivity contribution in [2.45, 2.75) is 33.6 Å². The van der Waals surface area contributed by atoms with Crippen LogP contribution >= 0.6 is 0 Å². The van der Waals surface area contributed by atoms with Crippen LogP contribution in [0.3, 0.4) is 0 Å². The Morgan fingerprint density at radius 1 is 1.32 bits per heavy atom. The Hall–Kier alpha value is -2.89. The molecule has 3 heterocycles. The third-order valence-electron chi connectivity index (χ3n) is 6.02. The van der Waals surface area contributed by atoms with E-state index in [1.54, 1.807) is 24.3 Å². The van der Waals surface area contributed by atoms with Gasteiger partial charge in [0.25, 0.3) is 5.91 Å². The third-order valence-corrected chi connectivity index (χ3v) is 6.02. The summed E-state index contributed by atoms with van der Waals surface area (Å²) in [5.41, 5.74) is 3.56. The summed E-state index contributed by atoms with van der Waals surface area (Å²) in [5.74, 6) is 1.43. The lowest BCUT2D eigenvalue weighted by molar-refractivity contribution is 0.0607. The van der Waals surface area contributed by atoms with E-state index in [1.807, 2.05) is 17.9 Å². The fourth-order valence-corrected chi connectivity index (χ4v) is 4.16. The summed E-state index contributed by atoms with van der Waals surface area (Å²) < 4.78 is 0. The minimum absolute atomic E-state index is 0.0438. The van der Waals surface area contributed by atoms with Gasteiger partial charge < -0.3 is 10.0 Å². The molecule has 146 valence electrons. The van der Waals surface area contributed by atoms with Crippen molar-refractivity contribution in [1.82, 2.24) is 20.1 Å². The number of amides is 1. The first-order valence-electron chi connectivity index (χ1n) is 9.92. The van der Waals surface area contributed by atoms with Crippen LogP contribution in [0.2, 0.25) is 0 Å². The number of aromatic hydroxyl groups is 1. The zero-order valence-corrected chi connectivity index (χ0v) is 16.6. The highest BCUT2D eigenvalue weighted by Gasteiger charge is 2.30. The standard InChI is InChI=1S/C22H26N4O2/c1-4-15-12-26(10-9-13(15)2)22(28)18-11-19(16-5-7-17(27)8-6-16)23-21-20(18)14(3)24-25-21/h5-8,11,13,15,27H,4,9-10,12H2,1-3H3,(H,23,24,25)/t13-,15+/m1/s1. The van der Waals surface area contributed by atoms with Gasteiger partial charge in [-0.05, 0) is 55.5 Å². The molecule has 1 aliphatic rings. The SMILES string of the molecule is CC[C@H]1CN(C(=O)c2cc(-c3ccc(O)cc3)nc3n[nH]c(C)c23)CC[C@H]1C. The molecular weight excluding hydrogens is 352 g/mol. The number of H-pyrrole nitrogens is 1. The van der Waals surface area contributed by atoms with E-state index in [4.69, 9.17) is 0 Å². The van der Waals surface area contributed by atoms with E-state index in [0.717, 1.165) is 42.6 Å². The maximum absolute atomic E-state index is 13.5. The second-order valence-corrected chi connectivity index (χ2v) is 7.83. The minimum atomic E-state index is 0.0438. The zero-order valence-electron chi connectivity index (χ0n) is 16.6. The third kappa shape index (κ3) is 3.23. The number of aromatic nitrogens is 3. The van der Waals surface area contributed by atoms with Gasteiger partial charge in [-0.15, -0.1) is 0 Å². The average Bonchev–Trinajstić information content (AvgIpc) is 3.08. The largest absolute Gasteiger partial charge is 0.508 e. The maximum Gasteiger partial charge on any atom is 0.254 e. The number of benzene rings is 1. The van der Waals surface area contributed by atoms with Crippen LogP contribution in [0.4, 0.5) is 0 Å². The summed E-state index contributed by atoms with van der Waals surface area (Å²) in [5, 5.41) is 17.6. The number of hydrogen-bond acceptors (Lipinski definition) is 4. The molecule has 2 atom stereocenters. The number of piperidine rings is 1. The quantitative estimate of drug-likeness (QED) is 0.717. The number of carbonyl (C=O) groups is 1. The van der Waals surface area contributed by atoms with Crippen LogP contribution in [-0.2, 0) is 0 Å². The first-order chi connectivity index (χ1) is 13.5. The number of pyridine rings is 1. The van der Waals surface area contributed by atoms with Crippen LogP contribution in [0.5, 0.6) is 5.75 Å². The van der Waals surface area contributed by atoms with Crippen molar-refractivity contribution in [2.75, 3.05) is 13.1 Å². The van der Waals surface area contributed by atoms with Crippen molar-refractivity contribution in [3.63, 3.8) is 0 Å². The predicted octanol–water partition coefficient (Wildman–Crippen LogP) is 4.15. The van der Waals surface area contributed by atoms with Crippen molar-refractivity contribution >= 4 is 16.9 Å². The van der Waals surface area contributed by atoms with Gasteiger partial charge in [0.2, 0.25) is 0 Å². The van der Waals surface area contributed by atoms with E-state index < -0.39 is 0 Å². The number of nitrogens with one attached hydrogen (secondary N) is 1. The summed E-state index contributed by atoms with van der Waals surface area (Å²) in [6.07, 6.45) is 2.12. The van der Waals surface area contributed by atoms with Crippen LogP contribution < -0.4 is 0 Å². The second kappa shape index (κ2) is 7.26. The van der Waals surface area contributed by atoms with E-state index in [9.17, 15) is 9.90 Å². The summed E-state index contributed by atoms with van der Waals surface area (Å²) in [7, 11) is 0. The highest BCUT2D eigenvalue weighted by molar-refractivity contribution is 6.07. The summed E-state index contributed by atoms with van der Waals surface area (Å²) >= 11 is 0. The fourth-order valence-electron chi connectivity index (χ4n) is 4.16. The first kappa shape index (κ1) is 18.5. The minimum Gasteiger partial charge on any atom is -0.508 e. The Bertz CT molecular complexity index is 1010. The van der Waals surface area contributed by atoms with Gasteiger partial charge in [0, 0.05) is 24.3 Å². The van der Waals surface area contributed by atoms with Crippen LogP contribution in [0.15, 0.2) is 30.3 Å². The van der Waals surface area contributed by atoms with E-state index in [0.29, 0.717) is 28.7 Å². The predicted molar refractivity (Wildman–Crippen MR) is 109 cm³/mol. The number of carbonyl (C=O) groups excluding carboxylic acids is 1. The van der Waals surface area contributed by atoms with Gasteiger partial charge in [0.15, 0.2) is 5.65 Å². The molecule has 1 saturated heterocycles. The lowest BCUT2D eigenvalue weighted by atomic mass is 9.85. The Morgan fingerprint density at radius 3 is 2.79 bits per heavy atom. The number of hydrogen-bond donors (Lipinski definition) is 2. The Kier molecular flexibility index (Phi) is 4.79. The topological polar surface area (TPSA) is 82.1 Å². The number of rotatable bonds is 3.